The van der Waals surface area contributed by atoms with Crippen LogP contribution < -0.4 is 14.2 Å². The van der Waals surface area contributed by atoms with E-state index in [1.165, 1.54) is 0 Å². The third-order valence-corrected chi connectivity index (χ3v) is 5.21. The van der Waals surface area contributed by atoms with Crippen LogP contribution in [0.3, 0.4) is 0 Å². The second-order valence-electron chi connectivity index (χ2n) is 7.58. The molecule has 0 amide bonds. The maximum absolute atomic E-state index is 12.0. The lowest BCUT2D eigenvalue weighted by Crippen LogP contribution is -2.32. The van der Waals surface area contributed by atoms with Crippen molar-refractivity contribution in [1.29, 1.82) is 0 Å². The molecule has 4 nitrogen and oxygen atoms in total. The Hall–Kier alpha value is -2.49. The van der Waals surface area contributed by atoms with Crippen molar-refractivity contribution >= 4 is 5.97 Å². The number of ether oxygens (including phenoxy) is 3. The van der Waals surface area contributed by atoms with Gasteiger partial charge in [0.15, 0.2) is 0 Å². The molecular formula is C22H26O4. The van der Waals surface area contributed by atoms with Crippen molar-refractivity contribution in [2.75, 3.05) is 7.11 Å². The Morgan fingerprint density at radius 3 is 2.31 bits per heavy atom. The molecule has 0 N–H and O–H groups in total. The first-order valence-electron chi connectivity index (χ1n) is 8.85. The van der Waals surface area contributed by atoms with E-state index in [-0.39, 0.29) is 11.4 Å². The predicted octanol–water partition coefficient (Wildman–Crippen LogP) is 4.79. The smallest absolute Gasteiger partial charge is 0.312 e. The Kier molecular flexibility index (Phi) is 4.70. The van der Waals surface area contributed by atoms with E-state index in [4.69, 9.17) is 14.2 Å². The molecule has 3 rings (SSSR count). The van der Waals surface area contributed by atoms with Gasteiger partial charge in [0, 0.05) is 11.0 Å². The standard InChI is InChI=1S/C22H26O4/c1-13-14(2)21-19(22(4,5)11-18(23)26-21)15(3)20(13)25-12-16-7-9-17(24-6)10-8-16/h7-10H,11-12H2,1-6H3. The van der Waals surface area contributed by atoms with Gasteiger partial charge in [-0.05, 0) is 55.2 Å². The van der Waals surface area contributed by atoms with Crippen molar-refractivity contribution in [2.45, 2.75) is 53.1 Å². The maximum atomic E-state index is 12.0. The summed E-state index contributed by atoms with van der Waals surface area (Å²) in [5, 5.41) is 0. The fourth-order valence-electron chi connectivity index (χ4n) is 3.73. The summed E-state index contributed by atoms with van der Waals surface area (Å²) < 4.78 is 17.0. The van der Waals surface area contributed by atoms with Gasteiger partial charge < -0.3 is 14.2 Å². The molecular weight excluding hydrogens is 328 g/mol. The van der Waals surface area contributed by atoms with E-state index in [2.05, 4.69) is 20.8 Å². The van der Waals surface area contributed by atoms with E-state index < -0.39 is 0 Å². The van der Waals surface area contributed by atoms with Gasteiger partial charge in [0.25, 0.3) is 0 Å². The number of rotatable bonds is 4. The average Bonchev–Trinajstić information content (AvgIpc) is 2.58. The highest BCUT2D eigenvalue weighted by Gasteiger charge is 2.38. The number of fused-ring (bicyclic) bond motifs is 1. The van der Waals surface area contributed by atoms with Gasteiger partial charge >= 0.3 is 5.97 Å². The molecule has 0 radical (unpaired) electrons. The van der Waals surface area contributed by atoms with Crippen molar-refractivity contribution in [3.8, 4) is 17.2 Å². The van der Waals surface area contributed by atoms with Crippen LogP contribution in [0.25, 0.3) is 0 Å². The van der Waals surface area contributed by atoms with Gasteiger partial charge in [0.05, 0.1) is 13.5 Å². The third kappa shape index (κ3) is 3.16. The Labute approximate surface area is 155 Å². The summed E-state index contributed by atoms with van der Waals surface area (Å²) in [6.07, 6.45) is 0.376. The molecule has 0 unspecified atom stereocenters. The van der Waals surface area contributed by atoms with Crippen molar-refractivity contribution in [1.82, 2.24) is 0 Å². The zero-order valence-corrected chi connectivity index (χ0v) is 16.4. The largest absolute Gasteiger partial charge is 0.497 e. The first kappa shape index (κ1) is 18.3. The molecule has 0 spiro atoms. The number of carbonyl (C=O) groups excluding carboxylic acids is 1. The second-order valence-corrected chi connectivity index (χ2v) is 7.58. The molecule has 26 heavy (non-hydrogen) atoms. The van der Waals surface area contributed by atoms with Crippen LogP contribution in [0.1, 0.15) is 48.1 Å². The highest BCUT2D eigenvalue weighted by atomic mass is 16.5. The van der Waals surface area contributed by atoms with E-state index in [9.17, 15) is 4.79 Å². The lowest BCUT2D eigenvalue weighted by molar-refractivity contribution is -0.137. The predicted molar refractivity (Wildman–Crippen MR) is 101 cm³/mol. The number of methoxy groups -OCH3 is 1. The minimum atomic E-state index is -0.272. The minimum Gasteiger partial charge on any atom is -0.497 e. The normalized spacial score (nSPS) is 15.2. The molecule has 0 fully saturated rings. The molecule has 2 aromatic rings. The van der Waals surface area contributed by atoms with Gasteiger partial charge in [-0.2, -0.15) is 0 Å². The van der Waals surface area contributed by atoms with Crippen molar-refractivity contribution < 1.29 is 19.0 Å². The number of esters is 1. The number of carbonyl (C=O) groups is 1. The molecule has 0 aliphatic carbocycles. The Bertz CT molecular complexity index is 848. The number of benzene rings is 2. The van der Waals surface area contributed by atoms with Gasteiger partial charge in [-0.1, -0.05) is 26.0 Å². The maximum Gasteiger partial charge on any atom is 0.312 e. The molecule has 4 heteroatoms. The van der Waals surface area contributed by atoms with E-state index in [1.807, 2.05) is 38.1 Å². The highest BCUT2D eigenvalue weighted by Crippen LogP contribution is 2.47. The summed E-state index contributed by atoms with van der Waals surface area (Å²) in [5.41, 5.74) is 4.91. The average molecular weight is 354 g/mol. The van der Waals surface area contributed by atoms with Gasteiger partial charge in [-0.3, -0.25) is 4.79 Å². The third-order valence-electron chi connectivity index (χ3n) is 5.21. The molecule has 138 valence electrons. The molecule has 0 saturated heterocycles. The first-order chi connectivity index (χ1) is 12.2. The van der Waals surface area contributed by atoms with Gasteiger partial charge in [-0.15, -0.1) is 0 Å². The second kappa shape index (κ2) is 6.67. The van der Waals surface area contributed by atoms with Crippen molar-refractivity contribution in [3.05, 3.63) is 52.1 Å². The van der Waals surface area contributed by atoms with Crippen LogP contribution in [0.15, 0.2) is 24.3 Å². The monoisotopic (exact) mass is 354 g/mol. The molecule has 0 aromatic heterocycles. The minimum absolute atomic E-state index is 0.170. The highest BCUT2D eigenvalue weighted by molar-refractivity contribution is 5.80. The van der Waals surface area contributed by atoms with Gasteiger partial charge in [0.1, 0.15) is 23.9 Å². The first-order valence-corrected chi connectivity index (χ1v) is 8.85. The van der Waals surface area contributed by atoms with Crippen molar-refractivity contribution in [3.63, 3.8) is 0 Å². The lowest BCUT2D eigenvalue weighted by Gasteiger charge is -2.35. The molecule has 0 saturated carbocycles. The summed E-state index contributed by atoms with van der Waals surface area (Å²) in [5.74, 6) is 2.24. The SMILES string of the molecule is COc1ccc(COc2c(C)c(C)c3c(c2C)C(C)(C)CC(=O)O3)cc1. The summed E-state index contributed by atoms with van der Waals surface area (Å²) in [4.78, 5) is 12.0. The summed E-state index contributed by atoms with van der Waals surface area (Å²) in [6, 6.07) is 7.86. The van der Waals surface area contributed by atoms with Crippen LogP contribution in [0.4, 0.5) is 0 Å². The zero-order chi connectivity index (χ0) is 19.1. The van der Waals surface area contributed by atoms with E-state index >= 15 is 0 Å². The topological polar surface area (TPSA) is 44.8 Å². The quantitative estimate of drug-likeness (QED) is 0.585. The fourth-order valence-corrected chi connectivity index (χ4v) is 3.73. The van der Waals surface area contributed by atoms with Crippen molar-refractivity contribution in [2.24, 2.45) is 0 Å². The van der Waals surface area contributed by atoms with Crippen LogP contribution in [0.2, 0.25) is 0 Å². The Morgan fingerprint density at radius 2 is 1.69 bits per heavy atom. The molecule has 0 atom stereocenters. The summed E-state index contributed by atoms with van der Waals surface area (Å²) in [6.45, 7) is 10.7. The van der Waals surface area contributed by atoms with Crippen LogP contribution in [-0.2, 0) is 16.8 Å². The molecule has 1 heterocycles. The fraction of sp³-hybridized carbons (Fsp3) is 0.409. The molecule has 2 aromatic carbocycles. The summed E-state index contributed by atoms with van der Waals surface area (Å²) in [7, 11) is 1.66. The van der Waals surface area contributed by atoms with Gasteiger partial charge in [0.2, 0.25) is 0 Å². The Balaban J connectivity index is 1.97. The van der Waals surface area contributed by atoms with Crippen LogP contribution in [0.5, 0.6) is 17.2 Å². The van der Waals surface area contributed by atoms with Crippen LogP contribution in [-0.4, -0.2) is 13.1 Å². The Morgan fingerprint density at radius 1 is 1.04 bits per heavy atom. The zero-order valence-electron chi connectivity index (χ0n) is 16.4. The van der Waals surface area contributed by atoms with Gasteiger partial charge in [-0.25, -0.2) is 0 Å². The van der Waals surface area contributed by atoms with E-state index in [1.54, 1.807) is 7.11 Å². The lowest BCUT2D eigenvalue weighted by atomic mass is 9.75. The summed E-state index contributed by atoms with van der Waals surface area (Å²) >= 11 is 0. The number of hydrogen-bond donors (Lipinski definition) is 0. The molecule has 1 aliphatic rings. The van der Waals surface area contributed by atoms with E-state index in [0.717, 1.165) is 39.3 Å². The molecule has 1 aliphatic heterocycles. The van der Waals surface area contributed by atoms with Crippen LogP contribution >= 0.6 is 0 Å². The van der Waals surface area contributed by atoms with Crippen LogP contribution in [0, 0.1) is 20.8 Å². The van der Waals surface area contributed by atoms with E-state index in [0.29, 0.717) is 18.8 Å². The molecule has 0 bridgehead atoms. The number of hydrogen-bond acceptors (Lipinski definition) is 4.